The zero-order chi connectivity index (χ0) is 20.8. The fourth-order valence-electron chi connectivity index (χ4n) is 2.85. The monoisotopic (exact) mass is 433 g/mol. The van der Waals surface area contributed by atoms with E-state index >= 15 is 0 Å². The molecule has 0 saturated carbocycles. The molecule has 0 aliphatic heterocycles. The molecule has 11 heteroatoms. The summed E-state index contributed by atoms with van der Waals surface area (Å²) in [6, 6.07) is 2.99. The predicted molar refractivity (Wildman–Crippen MR) is 95.6 cm³/mol. The molecule has 2 heterocycles. The molecule has 3 rings (SSSR count). The second-order valence-electron chi connectivity index (χ2n) is 5.80. The maximum atomic E-state index is 13.9. The van der Waals surface area contributed by atoms with E-state index in [2.05, 4.69) is 0 Å². The number of nitrogens with zero attached hydrogens (tertiary/aromatic N) is 1. The number of aromatic hydroxyl groups is 1. The highest BCUT2D eigenvalue weighted by Gasteiger charge is 2.31. The number of carboxylic acid groups (broad SMARTS) is 1. The van der Waals surface area contributed by atoms with Crippen LogP contribution < -0.4 is 0 Å². The zero-order valence-electron chi connectivity index (χ0n) is 14.0. The topological polar surface area (TPSA) is 79.5 Å². The van der Waals surface area contributed by atoms with Crippen molar-refractivity contribution in [1.82, 2.24) is 4.57 Å². The lowest BCUT2D eigenvalue weighted by Gasteiger charge is -2.06. The standard InChI is InChI=1S/C17H11F4NO4S2/c1-7-9(4-14(24)25)10-3-13(23)11(18)5-12(10)22(7)16(26)8-2-15(27-6-8)28-17(19,20)21/h2-3,5-6,23H,4H2,1H3,(H,24,25). The van der Waals surface area contributed by atoms with Crippen LogP contribution in [-0.2, 0) is 11.2 Å². The molecule has 5 nitrogen and oxygen atoms in total. The van der Waals surface area contributed by atoms with Gasteiger partial charge in [-0.15, -0.1) is 11.3 Å². The number of carbonyl (C=O) groups is 2. The van der Waals surface area contributed by atoms with Crippen molar-refractivity contribution in [3.8, 4) is 5.75 Å². The maximum absolute atomic E-state index is 13.9. The Bertz CT molecular complexity index is 1100. The Morgan fingerprint density at radius 1 is 1.25 bits per heavy atom. The van der Waals surface area contributed by atoms with Gasteiger partial charge in [0.2, 0.25) is 0 Å². The third-order valence-corrected chi connectivity index (χ3v) is 5.78. The third kappa shape index (κ3) is 3.85. The molecule has 3 aromatic rings. The van der Waals surface area contributed by atoms with Crippen LogP contribution in [0.5, 0.6) is 5.75 Å². The number of thioether (sulfide) groups is 1. The van der Waals surface area contributed by atoms with E-state index in [-0.39, 0.29) is 43.7 Å². The molecule has 0 radical (unpaired) electrons. The van der Waals surface area contributed by atoms with E-state index in [1.807, 2.05) is 0 Å². The first-order valence-corrected chi connectivity index (χ1v) is 9.30. The number of phenols is 1. The smallest absolute Gasteiger partial charge is 0.447 e. The van der Waals surface area contributed by atoms with Crippen LogP contribution in [0.3, 0.4) is 0 Å². The fraction of sp³-hybridized carbons (Fsp3) is 0.176. The summed E-state index contributed by atoms with van der Waals surface area (Å²) < 4.78 is 52.3. The number of fused-ring (bicyclic) bond motifs is 1. The van der Waals surface area contributed by atoms with Crippen LogP contribution in [0.1, 0.15) is 21.6 Å². The van der Waals surface area contributed by atoms with Crippen LogP contribution in [0.2, 0.25) is 0 Å². The van der Waals surface area contributed by atoms with Gasteiger partial charge in [0, 0.05) is 22.5 Å². The lowest BCUT2D eigenvalue weighted by molar-refractivity contribution is -0.136. The molecule has 1 aromatic carbocycles. The second kappa shape index (κ2) is 7.13. The Morgan fingerprint density at radius 2 is 1.93 bits per heavy atom. The van der Waals surface area contributed by atoms with Crippen LogP contribution in [0.25, 0.3) is 10.9 Å². The fourth-order valence-corrected chi connectivity index (χ4v) is 4.49. The van der Waals surface area contributed by atoms with Crippen molar-refractivity contribution in [1.29, 1.82) is 0 Å². The number of carbonyl (C=O) groups excluding carboxylic acids is 1. The Kier molecular flexibility index (Phi) is 5.15. The van der Waals surface area contributed by atoms with Crippen molar-refractivity contribution in [2.75, 3.05) is 0 Å². The van der Waals surface area contributed by atoms with Crippen LogP contribution in [0.15, 0.2) is 27.8 Å². The van der Waals surface area contributed by atoms with Crippen molar-refractivity contribution in [3.63, 3.8) is 0 Å². The van der Waals surface area contributed by atoms with Gasteiger partial charge in [-0.1, -0.05) is 0 Å². The normalized spacial score (nSPS) is 11.9. The SMILES string of the molecule is Cc1c(CC(=O)O)c2cc(O)c(F)cc2n1C(=O)c1csc(SC(F)(F)F)c1. The number of benzene rings is 1. The summed E-state index contributed by atoms with van der Waals surface area (Å²) in [5.74, 6) is -3.64. The minimum Gasteiger partial charge on any atom is -0.505 e. The number of hydrogen-bond donors (Lipinski definition) is 2. The van der Waals surface area contributed by atoms with E-state index in [4.69, 9.17) is 5.11 Å². The highest BCUT2D eigenvalue weighted by atomic mass is 32.2. The lowest BCUT2D eigenvalue weighted by Crippen LogP contribution is -2.13. The molecule has 2 aromatic heterocycles. The first kappa shape index (κ1) is 20.2. The summed E-state index contributed by atoms with van der Waals surface area (Å²) in [5, 5.41) is 20.2. The first-order valence-electron chi connectivity index (χ1n) is 7.61. The third-order valence-electron chi connectivity index (χ3n) is 3.97. The number of thiophene rings is 1. The molecule has 0 bridgehead atoms. The molecule has 28 heavy (non-hydrogen) atoms. The lowest BCUT2D eigenvalue weighted by atomic mass is 10.1. The predicted octanol–water partition coefficient (Wildman–Crippen LogP) is 4.78. The molecule has 0 aliphatic carbocycles. The Hall–Kier alpha value is -2.53. The molecule has 148 valence electrons. The number of aromatic nitrogens is 1. The highest BCUT2D eigenvalue weighted by molar-refractivity contribution is 8.01. The molecule has 0 amide bonds. The number of alkyl halides is 3. The largest absolute Gasteiger partial charge is 0.505 e. The molecular weight excluding hydrogens is 422 g/mol. The van der Waals surface area contributed by atoms with Gasteiger partial charge in [-0.2, -0.15) is 13.2 Å². The van der Waals surface area contributed by atoms with Crippen LogP contribution in [0, 0.1) is 12.7 Å². The van der Waals surface area contributed by atoms with Crippen molar-refractivity contribution in [2.24, 2.45) is 0 Å². The van der Waals surface area contributed by atoms with E-state index < -0.39 is 35.4 Å². The number of carboxylic acids is 1. The molecule has 2 N–H and O–H groups in total. The summed E-state index contributed by atoms with van der Waals surface area (Å²) >= 11 is 0.381. The van der Waals surface area contributed by atoms with Crippen molar-refractivity contribution in [3.05, 3.63) is 46.2 Å². The van der Waals surface area contributed by atoms with E-state index in [1.54, 1.807) is 0 Å². The van der Waals surface area contributed by atoms with Gasteiger partial charge in [0.15, 0.2) is 11.6 Å². The van der Waals surface area contributed by atoms with E-state index in [0.29, 0.717) is 0 Å². The number of phenolic OH excluding ortho intramolecular Hbond substituents is 1. The number of aliphatic carboxylic acids is 1. The number of hydrogen-bond acceptors (Lipinski definition) is 5. The average Bonchev–Trinajstić information content (AvgIpc) is 3.10. The zero-order valence-corrected chi connectivity index (χ0v) is 15.6. The summed E-state index contributed by atoms with van der Waals surface area (Å²) in [6.07, 6.45) is -0.480. The molecule has 0 saturated heterocycles. The second-order valence-corrected chi connectivity index (χ2v) is 8.07. The minimum absolute atomic E-state index is 0.0188. The van der Waals surface area contributed by atoms with Crippen molar-refractivity contribution in [2.45, 2.75) is 23.1 Å². The van der Waals surface area contributed by atoms with Gasteiger partial charge in [0.05, 0.1) is 21.7 Å². The Morgan fingerprint density at radius 3 is 2.54 bits per heavy atom. The number of halogens is 4. The van der Waals surface area contributed by atoms with Gasteiger partial charge in [-0.3, -0.25) is 14.2 Å². The summed E-state index contributed by atoms with van der Waals surface area (Å²) in [6.45, 7) is 1.45. The van der Waals surface area contributed by atoms with Gasteiger partial charge in [-0.05, 0) is 36.4 Å². The minimum atomic E-state index is -4.50. The van der Waals surface area contributed by atoms with Gasteiger partial charge < -0.3 is 10.2 Å². The van der Waals surface area contributed by atoms with E-state index in [9.17, 15) is 32.3 Å². The van der Waals surface area contributed by atoms with Gasteiger partial charge in [0.25, 0.3) is 5.91 Å². The molecule has 0 aliphatic rings. The maximum Gasteiger partial charge on any atom is 0.447 e. The van der Waals surface area contributed by atoms with Crippen molar-refractivity contribution >= 4 is 45.9 Å². The quantitative estimate of drug-likeness (QED) is 0.457. The average molecular weight is 433 g/mol. The molecule has 0 spiro atoms. The molecule has 0 atom stereocenters. The molecule has 0 fully saturated rings. The van der Waals surface area contributed by atoms with Gasteiger partial charge in [0.1, 0.15) is 0 Å². The molecular formula is C17H11F4NO4S2. The Labute approximate surface area is 163 Å². The summed E-state index contributed by atoms with van der Waals surface area (Å²) in [7, 11) is 0. The van der Waals surface area contributed by atoms with Crippen LogP contribution >= 0.6 is 23.1 Å². The van der Waals surface area contributed by atoms with Gasteiger partial charge >= 0.3 is 11.5 Å². The highest BCUT2D eigenvalue weighted by Crippen LogP contribution is 2.40. The summed E-state index contributed by atoms with van der Waals surface area (Å²) in [5.41, 5.74) is -4.14. The van der Waals surface area contributed by atoms with Gasteiger partial charge in [-0.25, -0.2) is 4.39 Å². The summed E-state index contributed by atoms with van der Waals surface area (Å²) in [4.78, 5) is 24.1. The van der Waals surface area contributed by atoms with Crippen molar-refractivity contribution < 1.29 is 37.4 Å². The van der Waals surface area contributed by atoms with E-state index in [1.165, 1.54) is 12.3 Å². The van der Waals surface area contributed by atoms with Crippen LogP contribution in [-0.4, -0.2) is 32.2 Å². The first-order chi connectivity index (χ1) is 13.0. The Balaban J connectivity index is 2.14. The number of rotatable bonds is 4. The molecule has 0 unspecified atom stereocenters. The van der Waals surface area contributed by atoms with Crippen LogP contribution in [0.4, 0.5) is 17.6 Å². The van der Waals surface area contributed by atoms with E-state index in [0.717, 1.165) is 34.1 Å².